The zero-order valence-electron chi connectivity index (χ0n) is 68.5. The van der Waals surface area contributed by atoms with Crippen molar-refractivity contribution in [2.24, 2.45) is 0 Å². The Hall–Kier alpha value is -6.41. The number of carbonyl (C=O) groups is 1. The number of carbonyl (C=O) groups excluding carboxylic acids is 1. The van der Waals surface area contributed by atoms with Crippen LogP contribution in [0.25, 0.3) is 64.4 Å². The van der Waals surface area contributed by atoms with Crippen LogP contribution >= 0.6 is 34.0 Å². The molecule has 7 aliphatic rings. The Morgan fingerprint density at radius 1 is 0.466 bits per heavy atom. The minimum atomic E-state index is -3.30. The first-order valence-electron chi connectivity index (χ1n) is 38.3. The van der Waals surface area contributed by atoms with Crippen LogP contribution in [0.5, 0.6) is 17.6 Å². The summed E-state index contributed by atoms with van der Waals surface area (Å²) in [6.45, 7) is 22.8. The van der Waals surface area contributed by atoms with Gasteiger partial charge in [-0.1, -0.05) is 0 Å². The second kappa shape index (κ2) is 38.5. The van der Waals surface area contributed by atoms with Crippen LogP contribution in [0.1, 0.15) is 88.0 Å². The molecule has 0 bridgehead atoms. The SMILES string of the molecule is COc1ncc(-c2nc(N3CCOCC3)nc3c(CN4CCC(=O)CC4)c(C)sc23)cc1CS(C)(=O)=O.COc1ncc(-c2nc(N3CCOCC3)nc3c(CN4CCC(O)CC4)c(C)sc23)cc1CS(C)(=O)=O.COc1ncc(-c2nc(N3CCOCC3)nc3c(CN4CCC5(CC4)OCCO5)c(C)sc23)cc1CS(C)(=O)=O.[B].[H-].[Na+]. The molecule has 3 radical (unpaired) electrons. The number of hydrogen-bond donors (Lipinski definition) is 1. The Bertz CT molecular complexity index is 5350. The Labute approximate surface area is 714 Å². The molecule has 0 saturated carbocycles. The van der Waals surface area contributed by atoms with Crippen LogP contribution in [0.4, 0.5) is 17.8 Å². The zero-order chi connectivity index (χ0) is 80.2. The number of ether oxygens (including phenoxy) is 8. The molecule has 39 heteroatoms. The average molecular weight is 1720 g/mol. The molecule has 116 heavy (non-hydrogen) atoms. The molecule has 7 fully saturated rings. The number of likely N-dealkylation sites (tertiary alicyclic amines) is 3. The van der Waals surface area contributed by atoms with Crippen molar-refractivity contribution in [2.45, 2.75) is 108 Å². The summed E-state index contributed by atoms with van der Waals surface area (Å²) < 4.78 is 120. The summed E-state index contributed by atoms with van der Waals surface area (Å²) in [5, 5.41) is 9.94. The number of aliphatic hydroxyl groups excluding tert-OH is 1. The molecule has 9 aromatic heterocycles. The van der Waals surface area contributed by atoms with Gasteiger partial charge in [-0.25, -0.2) is 70.1 Å². The van der Waals surface area contributed by atoms with Gasteiger partial charge in [0.05, 0.1) is 145 Å². The standard InChI is InChI=1S/C27H35N5O6S2.C25H33N5O5S2.C25H31N5O5S2.B.Na.H/c1-18-21(16-31-6-4-27(5-7-31)37-12-13-38-27)23-24(39-18)22(29-26(30-23)32-8-10-36-11-9-32)19-14-20(17-40(3,33)34)25(35-2)28-15-19;2*1-16-20(14-29-6-4-19(31)5-7-29)22-23(36-16)21(27-25(28-22)30-8-10-35-11-9-30)17-12-18(15-37(3,32)33)24(34-2)26-13-17;;;/h14-15H,4-13,16-17H2,1-3H3;12-13,19,31H,4-11,14-15H2,1-3H3;12-13H,4-11,14-15H2,1-3H3;;;/q;;;;+1;-1. The Morgan fingerprint density at radius 2 is 0.767 bits per heavy atom. The number of piperidine rings is 3. The van der Waals surface area contributed by atoms with Crippen LogP contribution in [0.3, 0.4) is 0 Å². The van der Waals surface area contributed by atoms with Gasteiger partial charge in [0.15, 0.2) is 35.3 Å². The molecule has 619 valence electrons. The van der Waals surface area contributed by atoms with Crippen molar-refractivity contribution in [3.63, 3.8) is 0 Å². The van der Waals surface area contributed by atoms with Crippen LogP contribution in [0.2, 0.25) is 0 Å². The van der Waals surface area contributed by atoms with Crippen molar-refractivity contribution < 1.29 is 104 Å². The summed E-state index contributed by atoms with van der Waals surface area (Å²) in [6.07, 6.45) is 12.9. The molecule has 1 N–H and O–H groups in total. The molecule has 16 rings (SSSR count). The largest absolute Gasteiger partial charge is 1.00 e. The van der Waals surface area contributed by atoms with Crippen molar-refractivity contribution in [1.29, 1.82) is 0 Å². The average Bonchev–Trinajstić information content (AvgIpc) is 1.68. The van der Waals surface area contributed by atoms with E-state index in [4.69, 9.17) is 67.8 Å². The number of Topliss-reactive ketones (excluding diaryl/α,β-unsaturated/α-hetero) is 1. The maximum absolute atomic E-state index is 12.2. The summed E-state index contributed by atoms with van der Waals surface area (Å²) in [5.74, 6) is 2.19. The number of fused-ring (bicyclic) bond motifs is 3. The number of pyridine rings is 3. The van der Waals surface area contributed by atoms with Crippen LogP contribution in [0, 0.1) is 20.8 Å². The van der Waals surface area contributed by atoms with Crippen LogP contribution < -0.4 is 58.5 Å². The van der Waals surface area contributed by atoms with Crippen molar-refractivity contribution in [1.82, 2.24) is 59.6 Å². The molecule has 16 heterocycles. The molecule has 0 aliphatic carbocycles. The quantitative estimate of drug-likeness (QED) is 0.0964. The molecular formula is C77H100BN15NaO16S6. The predicted octanol–water partition coefficient (Wildman–Crippen LogP) is 4.55. The molecule has 7 aliphatic heterocycles. The number of hydrogen-bond acceptors (Lipinski definition) is 34. The summed E-state index contributed by atoms with van der Waals surface area (Å²) >= 11 is 4.96. The third kappa shape index (κ3) is 21.5. The number of sulfone groups is 3. The normalized spacial score (nSPS) is 18.2. The first-order chi connectivity index (χ1) is 54.7. The molecule has 7 saturated heterocycles. The summed E-state index contributed by atoms with van der Waals surface area (Å²) in [7, 11) is -5.43. The van der Waals surface area contributed by atoms with Gasteiger partial charge in [0, 0.05) is 234 Å². The van der Waals surface area contributed by atoms with Gasteiger partial charge in [0.1, 0.15) is 5.78 Å². The first kappa shape index (κ1) is 88.9. The molecule has 0 aromatic carbocycles. The van der Waals surface area contributed by atoms with Gasteiger partial charge < -0.3 is 59.1 Å². The van der Waals surface area contributed by atoms with E-state index in [-0.39, 0.29) is 68.6 Å². The fourth-order valence-electron chi connectivity index (χ4n) is 15.4. The fraction of sp³-hybridized carbons (Fsp3) is 0.558. The Kier molecular flexibility index (Phi) is 29.5. The number of aryl methyl sites for hydroxylation is 3. The number of nitrogens with zero attached hydrogens (tertiary/aromatic N) is 15. The third-order valence-electron chi connectivity index (χ3n) is 21.3. The van der Waals surface area contributed by atoms with Crippen LogP contribution in [0.15, 0.2) is 36.8 Å². The van der Waals surface area contributed by atoms with Crippen molar-refractivity contribution in [3.8, 4) is 51.4 Å². The maximum Gasteiger partial charge on any atom is 1.00 e. The number of ketones is 1. The van der Waals surface area contributed by atoms with Crippen LogP contribution in [-0.2, 0) is 94.9 Å². The van der Waals surface area contributed by atoms with E-state index in [1.54, 1.807) is 52.6 Å². The molecule has 31 nitrogen and oxygen atoms in total. The number of aromatic nitrogens is 9. The van der Waals surface area contributed by atoms with Crippen molar-refractivity contribution >= 4 is 126 Å². The monoisotopic (exact) mass is 1720 g/mol. The molecular weight excluding hydrogens is 1620 g/mol. The van der Waals surface area contributed by atoms with E-state index in [0.717, 1.165) is 159 Å². The smallest absolute Gasteiger partial charge is 1.00 e. The summed E-state index contributed by atoms with van der Waals surface area (Å²) in [6, 6.07) is 5.46. The minimum Gasteiger partial charge on any atom is -1.00 e. The number of rotatable bonds is 21. The van der Waals surface area contributed by atoms with Crippen molar-refractivity contribution in [3.05, 3.63) is 84.8 Å². The van der Waals surface area contributed by atoms with E-state index in [1.165, 1.54) is 61.0 Å². The second-order valence-corrected chi connectivity index (χ2v) is 40.0. The zero-order valence-corrected chi connectivity index (χ0v) is 74.4. The molecule has 0 amide bonds. The predicted molar refractivity (Wildman–Crippen MR) is 447 cm³/mol. The maximum atomic E-state index is 12.2. The number of methoxy groups -OCH3 is 3. The first-order valence-corrected chi connectivity index (χ1v) is 47.0. The van der Waals surface area contributed by atoms with E-state index in [0.29, 0.717) is 157 Å². The van der Waals surface area contributed by atoms with Gasteiger partial charge in [-0.15, -0.1) is 34.0 Å². The van der Waals surface area contributed by atoms with E-state index in [9.17, 15) is 35.2 Å². The van der Waals surface area contributed by atoms with Gasteiger partial charge in [0.25, 0.3) is 0 Å². The fourth-order valence-corrected chi connectivity index (χ4v) is 21.0. The Morgan fingerprint density at radius 3 is 1.07 bits per heavy atom. The molecule has 0 unspecified atom stereocenters. The Balaban J connectivity index is 0.000000170. The summed E-state index contributed by atoms with van der Waals surface area (Å²) in [5.41, 5.74) is 12.2. The number of morpholine rings is 3. The van der Waals surface area contributed by atoms with E-state index in [2.05, 4.69) is 65.1 Å². The van der Waals surface area contributed by atoms with Gasteiger partial charge in [-0.3, -0.25) is 19.5 Å². The van der Waals surface area contributed by atoms with Crippen molar-refractivity contribution in [2.75, 3.05) is 186 Å². The molecule has 1 spiro atoms. The van der Waals surface area contributed by atoms with Gasteiger partial charge in [-0.05, 0) is 51.8 Å². The topological polar surface area (TPSA) is 349 Å². The van der Waals surface area contributed by atoms with E-state index in [1.807, 2.05) is 18.2 Å². The second-order valence-electron chi connectivity index (χ2n) is 30.0. The number of thiophene rings is 3. The van der Waals surface area contributed by atoms with Gasteiger partial charge in [0.2, 0.25) is 35.5 Å². The number of anilines is 3. The third-order valence-corrected chi connectivity index (χ3v) is 27.3. The number of aliphatic hydroxyl groups is 1. The van der Waals surface area contributed by atoms with Gasteiger partial charge in [-0.2, -0.15) is 0 Å². The van der Waals surface area contributed by atoms with Gasteiger partial charge >= 0.3 is 29.6 Å². The van der Waals surface area contributed by atoms with E-state index >= 15 is 0 Å². The minimum absolute atomic E-state index is 0. The molecule has 0 atom stereocenters. The summed E-state index contributed by atoms with van der Waals surface area (Å²) in [4.78, 5) is 72.3. The van der Waals surface area contributed by atoms with E-state index < -0.39 is 35.3 Å². The molecule has 9 aromatic rings. The van der Waals surface area contributed by atoms with Crippen LogP contribution in [-0.4, -0.2) is 287 Å².